The van der Waals surface area contributed by atoms with Crippen LogP contribution < -0.4 is 10.6 Å². The Morgan fingerprint density at radius 2 is 2.14 bits per heavy atom. The third-order valence-corrected chi connectivity index (χ3v) is 5.55. The Bertz CT molecular complexity index is 496. The number of alkyl halides is 2. The molecule has 0 unspecified atom stereocenters. The van der Waals surface area contributed by atoms with Gasteiger partial charge >= 0.3 is 0 Å². The van der Waals surface area contributed by atoms with Crippen LogP contribution in [0.2, 0.25) is 0 Å². The van der Waals surface area contributed by atoms with Crippen molar-refractivity contribution in [2.24, 2.45) is 5.92 Å². The Balaban J connectivity index is 1.86. The van der Waals surface area contributed by atoms with Crippen molar-refractivity contribution in [3.05, 3.63) is 24.3 Å². The topological polar surface area (TPSA) is 41.1 Å². The van der Waals surface area contributed by atoms with Crippen LogP contribution in [0.4, 0.5) is 5.69 Å². The minimum atomic E-state index is -0.543. The number of amides is 1. The average molecular weight is 347 g/mol. The van der Waals surface area contributed by atoms with Crippen molar-refractivity contribution in [3.8, 4) is 0 Å². The Morgan fingerprint density at radius 1 is 1.43 bits per heavy atom. The van der Waals surface area contributed by atoms with Crippen molar-refractivity contribution >= 4 is 46.6 Å². The molecular weight excluding hydrogens is 327 g/mol. The lowest BCUT2D eigenvalue weighted by Gasteiger charge is -2.11. The summed E-state index contributed by atoms with van der Waals surface area (Å²) in [4.78, 5) is 13.0. The normalized spacial score (nSPS) is 19.3. The second-order valence-electron chi connectivity index (χ2n) is 5.22. The Labute approximate surface area is 140 Å². The highest BCUT2D eigenvalue weighted by Crippen LogP contribution is 2.55. The number of halogens is 2. The zero-order chi connectivity index (χ0) is 15.3. The molecule has 0 saturated heterocycles. The van der Waals surface area contributed by atoms with Crippen molar-refractivity contribution in [1.29, 1.82) is 0 Å². The largest absolute Gasteiger partial charge is 0.325 e. The van der Waals surface area contributed by atoms with Crippen LogP contribution in [0.15, 0.2) is 29.2 Å². The van der Waals surface area contributed by atoms with Gasteiger partial charge in [-0.2, -0.15) is 0 Å². The van der Waals surface area contributed by atoms with Gasteiger partial charge in [0.05, 0.1) is 5.69 Å². The molecule has 2 N–H and O–H groups in total. The van der Waals surface area contributed by atoms with Gasteiger partial charge in [-0.1, -0.05) is 12.1 Å². The Morgan fingerprint density at radius 3 is 2.81 bits per heavy atom. The minimum Gasteiger partial charge on any atom is -0.325 e. The van der Waals surface area contributed by atoms with Gasteiger partial charge in [-0.3, -0.25) is 4.79 Å². The van der Waals surface area contributed by atoms with Gasteiger partial charge in [-0.05, 0) is 38.6 Å². The van der Waals surface area contributed by atoms with Crippen LogP contribution in [0.1, 0.15) is 19.3 Å². The summed E-state index contributed by atoms with van der Waals surface area (Å²) in [6, 6.07) is 7.85. The molecule has 0 heterocycles. The van der Waals surface area contributed by atoms with Gasteiger partial charge in [0.2, 0.25) is 5.91 Å². The van der Waals surface area contributed by atoms with E-state index in [0.717, 1.165) is 35.7 Å². The number of nitrogens with one attached hydrogen (secondary N) is 2. The van der Waals surface area contributed by atoms with E-state index in [1.54, 1.807) is 11.8 Å². The van der Waals surface area contributed by atoms with Crippen molar-refractivity contribution < 1.29 is 4.79 Å². The summed E-state index contributed by atoms with van der Waals surface area (Å²) in [6.07, 6.45) is 2.21. The molecule has 1 aliphatic rings. The van der Waals surface area contributed by atoms with Crippen molar-refractivity contribution in [2.45, 2.75) is 28.5 Å². The highest BCUT2D eigenvalue weighted by atomic mass is 35.5. The molecular formula is C15H20Cl2N2OS. The number of rotatable bonds is 8. The fourth-order valence-electron chi connectivity index (χ4n) is 1.98. The predicted molar refractivity (Wildman–Crippen MR) is 91.5 cm³/mol. The van der Waals surface area contributed by atoms with E-state index in [2.05, 4.69) is 10.6 Å². The maximum Gasteiger partial charge on any atom is 0.224 e. The van der Waals surface area contributed by atoms with Crippen LogP contribution in [0.25, 0.3) is 0 Å². The van der Waals surface area contributed by atoms with Crippen LogP contribution in [0, 0.1) is 5.92 Å². The number of hydrogen-bond acceptors (Lipinski definition) is 3. The molecule has 1 amide bonds. The summed E-state index contributed by atoms with van der Waals surface area (Å²) in [7, 11) is 1.88. The predicted octanol–water partition coefficient (Wildman–Crippen LogP) is 3.91. The lowest BCUT2D eigenvalue weighted by molar-refractivity contribution is -0.116. The number of carbonyl (C=O) groups excluding carboxylic acids is 1. The van der Waals surface area contributed by atoms with E-state index in [4.69, 9.17) is 23.2 Å². The van der Waals surface area contributed by atoms with Crippen LogP contribution in [-0.4, -0.2) is 29.6 Å². The molecule has 6 heteroatoms. The summed E-state index contributed by atoms with van der Waals surface area (Å²) < 4.78 is -0.543. The van der Waals surface area contributed by atoms with Gasteiger partial charge in [0.25, 0.3) is 0 Å². The monoisotopic (exact) mass is 346 g/mol. The van der Waals surface area contributed by atoms with Crippen LogP contribution in [0.5, 0.6) is 0 Å². The third-order valence-electron chi connectivity index (χ3n) is 3.39. The lowest BCUT2D eigenvalue weighted by Crippen LogP contribution is -2.15. The molecule has 0 bridgehead atoms. The van der Waals surface area contributed by atoms with Gasteiger partial charge in [0.15, 0.2) is 0 Å². The van der Waals surface area contributed by atoms with E-state index in [1.807, 2.05) is 31.3 Å². The van der Waals surface area contributed by atoms with E-state index >= 15 is 0 Å². The first-order chi connectivity index (χ1) is 10.0. The SMILES string of the molecule is CNCCCC(=O)Nc1ccccc1SC[C@H]1CC1(Cl)Cl. The lowest BCUT2D eigenvalue weighted by atomic mass is 10.2. The van der Waals surface area contributed by atoms with Crippen molar-refractivity contribution in [3.63, 3.8) is 0 Å². The molecule has 0 radical (unpaired) electrons. The first-order valence-corrected chi connectivity index (χ1v) is 8.81. The standard InChI is InChI=1S/C15H20Cl2N2OS/c1-18-8-4-7-14(20)19-12-5-2-3-6-13(12)21-10-11-9-15(11,16)17/h2-3,5-6,11,18H,4,7-10H2,1H3,(H,19,20)/t11-/m1/s1. The summed E-state index contributed by atoms with van der Waals surface area (Å²) in [5.74, 6) is 1.26. The van der Waals surface area contributed by atoms with Crippen molar-refractivity contribution in [2.75, 3.05) is 24.7 Å². The summed E-state index contributed by atoms with van der Waals surface area (Å²) in [6.45, 7) is 0.846. The minimum absolute atomic E-state index is 0.0498. The maximum absolute atomic E-state index is 11.9. The Hall–Kier alpha value is -0.420. The quantitative estimate of drug-likeness (QED) is 0.426. The maximum atomic E-state index is 11.9. The van der Waals surface area contributed by atoms with E-state index in [-0.39, 0.29) is 5.91 Å². The molecule has 0 aliphatic heterocycles. The molecule has 3 nitrogen and oxygen atoms in total. The van der Waals surface area contributed by atoms with Gasteiger partial charge in [0, 0.05) is 23.0 Å². The first kappa shape index (κ1) is 16.9. The molecule has 21 heavy (non-hydrogen) atoms. The zero-order valence-corrected chi connectivity index (χ0v) is 14.3. The molecule has 1 aliphatic carbocycles. The number of para-hydroxylation sites is 1. The van der Waals surface area contributed by atoms with Crippen molar-refractivity contribution in [1.82, 2.24) is 5.32 Å². The fraction of sp³-hybridized carbons (Fsp3) is 0.533. The molecule has 1 aromatic rings. The smallest absolute Gasteiger partial charge is 0.224 e. The summed E-state index contributed by atoms with van der Waals surface area (Å²) >= 11 is 13.8. The molecule has 2 rings (SSSR count). The number of benzene rings is 1. The Kier molecular flexibility index (Phi) is 6.23. The van der Waals surface area contributed by atoms with Crippen LogP contribution in [0.3, 0.4) is 0 Å². The third kappa shape index (κ3) is 5.37. The number of carbonyl (C=O) groups is 1. The van der Waals surface area contributed by atoms with Gasteiger partial charge in [-0.25, -0.2) is 0 Å². The number of hydrogen-bond donors (Lipinski definition) is 2. The molecule has 0 aromatic heterocycles. The average Bonchev–Trinajstić information content (AvgIpc) is 3.05. The molecule has 1 fully saturated rings. The molecule has 116 valence electrons. The van der Waals surface area contributed by atoms with Crippen LogP contribution >= 0.6 is 35.0 Å². The van der Waals surface area contributed by atoms with Gasteiger partial charge in [-0.15, -0.1) is 35.0 Å². The van der Waals surface area contributed by atoms with Gasteiger partial charge < -0.3 is 10.6 Å². The summed E-state index contributed by atoms with van der Waals surface area (Å²) in [5, 5.41) is 6.02. The molecule has 1 saturated carbocycles. The second-order valence-corrected chi connectivity index (χ2v) is 7.83. The number of anilines is 1. The van der Waals surface area contributed by atoms with E-state index in [1.165, 1.54) is 0 Å². The van der Waals surface area contributed by atoms with E-state index in [9.17, 15) is 4.79 Å². The first-order valence-electron chi connectivity index (χ1n) is 7.07. The molecule has 1 aromatic carbocycles. The summed E-state index contributed by atoms with van der Waals surface area (Å²) in [5.41, 5.74) is 0.868. The molecule has 0 spiro atoms. The second kappa shape index (κ2) is 7.73. The number of thioether (sulfide) groups is 1. The molecule has 1 atom stereocenters. The highest BCUT2D eigenvalue weighted by Gasteiger charge is 2.51. The van der Waals surface area contributed by atoms with Gasteiger partial charge in [0.1, 0.15) is 4.33 Å². The van der Waals surface area contributed by atoms with Crippen LogP contribution in [-0.2, 0) is 4.79 Å². The zero-order valence-electron chi connectivity index (χ0n) is 12.0. The fourth-order valence-corrected chi connectivity index (χ4v) is 3.92. The van der Waals surface area contributed by atoms with E-state index in [0.29, 0.717) is 12.3 Å². The highest BCUT2D eigenvalue weighted by molar-refractivity contribution is 7.99. The van der Waals surface area contributed by atoms with E-state index < -0.39 is 4.33 Å².